The number of aromatic amines is 1. The Morgan fingerprint density at radius 2 is 1.86 bits per heavy atom. The molecule has 9 atom stereocenters. The molecule has 0 radical (unpaired) electrons. The number of H-pyrrole nitrogens is 1. The van der Waals surface area contributed by atoms with Crippen LogP contribution in [0.15, 0.2) is 23.8 Å². The van der Waals surface area contributed by atoms with Crippen LogP contribution in [0.25, 0.3) is 22.3 Å². The van der Waals surface area contributed by atoms with Gasteiger partial charge in [-0.25, -0.2) is 24.3 Å². The molecule has 6 heterocycles. The van der Waals surface area contributed by atoms with Crippen molar-refractivity contribution in [1.82, 2.24) is 39.0 Å². The number of aromatic nitrogens is 8. The van der Waals surface area contributed by atoms with E-state index in [9.17, 15) is 28.8 Å². The van der Waals surface area contributed by atoms with Crippen LogP contribution in [-0.4, -0.2) is 97.3 Å². The molecule has 2 saturated heterocycles. The average molecular weight is 646 g/mol. The fraction of sp³-hybridized carbons (Fsp3) is 0.500. The molecule has 232 valence electrons. The van der Waals surface area contributed by atoms with Gasteiger partial charge in [0.2, 0.25) is 5.95 Å². The van der Waals surface area contributed by atoms with E-state index < -0.39 is 77.2 Å². The molecule has 23 heteroatoms. The number of alkyl halides is 1. The number of rotatable bonds is 9. The molecule has 6 rings (SSSR count). The number of nitrogen functional groups attached to an aromatic ring is 2. The van der Waals surface area contributed by atoms with Crippen molar-refractivity contribution in [1.29, 1.82) is 0 Å². The molecule has 3 unspecified atom stereocenters. The van der Waals surface area contributed by atoms with Crippen LogP contribution in [0.4, 0.5) is 16.2 Å². The van der Waals surface area contributed by atoms with Crippen LogP contribution in [0, 0.1) is 0 Å². The summed E-state index contributed by atoms with van der Waals surface area (Å²) in [4.78, 5) is 54.9. The van der Waals surface area contributed by atoms with Crippen molar-refractivity contribution in [2.75, 3.05) is 24.7 Å². The Bertz CT molecular complexity index is 1800. The van der Waals surface area contributed by atoms with E-state index in [-0.39, 0.29) is 40.5 Å². The summed E-state index contributed by atoms with van der Waals surface area (Å²) in [5.74, 6) is -0.215. The lowest BCUT2D eigenvalue weighted by Gasteiger charge is -2.26. The largest absolute Gasteiger partial charge is 0.394 e. The molecule has 0 saturated carbocycles. The second-order valence-electron chi connectivity index (χ2n) is 9.71. The fourth-order valence-electron chi connectivity index (χ4n) is 5.16. The lowest BCUT2D eigenvalue weighted by atomic mass is 10.1. The second kappa shape index (κ2) is 11.3. The highest BCUT2D eigenvalue weighted by Gasteiger charge is 2.52. The van der Waals surface area contributed by atoms with Crippen molar-refractivity contribution in [3.63, 3.8) is 0 Å². The summed E-state index contributed by atoms with van der Waals surface area (Å²) in [6.07, 6.45) is -5.61. The summed E-state index contributed by atoms with van der Waals surface area (Å²) >= 11 is 0. The Balaban J connectivity index is 1.26. The van der Waals surface area contributed by atoms with Gasteiger partial charge in [-0.2, -0.15) is 4.98 Å². The summed E-state index contributed by atoms with van der Waals surface area (Å²) in [5.41, 5.74) is 9.56. The van der Waals surface area contributed by atoms with Gasteiger partial charge in [-0.05, 0) is 6.42 Å². The maximum Gasteiger partial charge on any atom is 0.335 e. The molecular formula is C20H25FN10O10P2. The molecular weight excluding hydrogens is 621 g/mol. The third kappa shape index (κ3) is 5.32. The topological polar surface area (TPSA) is 291 Å². The fourth-order valence-corrected chi connectivity index (χ4v) is 7.27. The molecule has 4 aromatic heterocycles. The Morgan fingerprint density at radius 3 is 2.58 bits per heavy atom. The molecule has 0 aromatic carbocycles. The second-order valence-corrected chi connectivity index (χ2v) is 12.5. The molecule has 0 aliphatic carbocycles. The van der Waals surface area contributed by atoms with Gasteiger partial charge in [-0.1, -0.05) is 0 Å². The van der Waals surface area contributed by atoms with Crippen LogP contribution in [0.1, 0.15) is 18.9 Å². The number of hydrogen-bond acceptors (Lipinski definition) is 15. The third-order valence-corrected chi connectivity index (χ3v) is 9.40. The molecule has 0 spiro atoms. The van der Waals surface area contributed by atoms with Crippen molar-refractivity contribution in [2.45, 2.75) is 49.0 Å². The van der Waals surface area contributed by atoms with Gasteiger partial charge in [-0.3, -0.25) is 28.0 Å². The zero-order valence-corrected chi connectivity index (χ0v) is 23.6. The Kier molecular flexibility index (Phi) is 7.78. The number of nitrogens with zero attached hydrogens (tertiary/aromatic N) is 7. The first-order valence-corrected chi connectivity index (χ1v) is 15.5. The molecule has 8 N–H and O–H groups in total. The van der Waals surface area contributed by atoms with Gasteiger partial charge in [0.1, 0.15) is 29.7 Å². The van der Waals surface area contributed by atoms with E-state index in [4.69, 9.17) is 30.0 Å². The average Bonchev–Trinajstić information content (AvgIpc) is 3.73. The maximum atomic E-state index is 15.6. The first-order valence-electron chi connectivity index (χ1n) is 12.6. The highest BCUT2D eigenvalue weighted by atomic mass is 31.2. The van der Waals surface area contributed by atoms with Gasteiger partial charge in [0, 0.05) is 0 Å². The summed E-state index contributed by atoms with van der Waals surface area (Å²) in [6.45, 7) is -1.28. The number of nitrogens with two attached hydrogens (primary N) is 2. The summed E-state index contributed by atoms with van der Waals surface area (Å²) < 4.78 is 65.0. The number of anilines is 2. The minimum atomic E-state index is -4.72. The van der Waals surface area contributed by atoms with Crippen molar-refractivity contribution < 1.29 is 46.9 Å². The van der Waals surface area contributed by atoms with E-state index in [1.807, 2.05) is 0 Å². The van der Waals surface area contributed by atoms with Crippen molar-refractivity contribution in [3.05, 3.63) is 29.3 Å². The Labute approximate surface area is 239 Å². The number of aliphatic hydroxyl groups excluding tert-OH is 1. The van der Waals surface area contributed by atoms with E-state index in [1.54, 1.807) is 0 Å². The van der Waals surface area contributed by atoms with Gasteiger partial charge < -0.3 is 44.9 Å². The summed E-state index contributed by atoms with van der Waals surface area (Å²) in [7, 11) is -8.42. The third-order valence-electron chi connectivity index (χ3n) is 7.10. The van der Waals surface area contributed by atoms with Crippen LogP contribution in [0.2, 0.25) is 0 Å². The van der Waals surface area contributed by atoms with Gasteiger partial charge in [0.25, 0.3) is 5.56 Å². The zero-order chi connectivity index (χ0) is 30.6. The quantitative estimate of drug-likeness (QED) is 0.119. The monoisotopic (exact) mass is 646 g/mol. The van der Waals surface area contributed by atoms with Crippen molar-refractivity contribution in [3.8, 4) is 0 Å². The molecule has 0 bridgehead atoms. The van der Waals surface area contributed by atoms with E-state index >= 15 is 4.39 Å². The Hall–Kier alpha value is -3.39. The smallest absolute Gasteiger partial charge is 0.335 e. The lowest BCUT2D eigenvalue weighted by Crippen LogP contribution is -2.33. The number of aliphatic hydroxyl groups is 1. The number of ether oxygens (including phenoxy) is 2. The van der Waals surface area contributed by atoms with E-state index in [0.717, 1.165) is 12.7 Å². The number of hydrogen-bond donors (Lipinski definition) is 6. The highest BCUT2D eigenvalue weighted by molar-refractivity contribution is 7.53. The zero-order valence-electron chi connectivity index (χ0n) is 21.7. The summed E-state index contributed by atoms with van der Waals surface area (Å²) in [6, 6.07) is 0. The van der Waals surface area contributed by atoms with Crippen LogP contribution in [0.5, 0.6) is 0 Å². The molecule has 2 aliphatic heterocycles. The van der Waals surface area contributed by atoms with Gasteiger partial charge in [0.05, 0.1) is 32.0 Å². The SMILES string of the molecule is Nc1nc2c(ncn2[C@@H]2O[C@H](CO)C[C@H]2P(=O)(O)OC[C@H]2O[C@@H](n3cnc4c(N)ncnc43)C(F)[C@H]2O[PH](=O)O)c(=O)[nH]1. The predicted molar refractivity (Wildman–Crippen MR) is 142 cm³/mol. The predicted octanol–water partition coefficient (Wildman–Crippen LogP) is -1.02. The molecule has 2 aliphatic rings. The number of fused-ring (bicyclic) bond motifs is 2. The first kappa shape index (κ1) is 29.7. The van der Waals surface area contributed by atoms with E-state index in [2.05, 4.69) is 29.9 Å². The minimum Gasteiger partial charge on any atom is -0.394 e. The van der Waals surface area contributed by atoms with Crippen LogP contribution < -0.4 is 17.0 Å². The minimum absolute atomic E-state index is 0.0224. The standard InChI is InChI=1S/C20H25FN10O10P2/c21-10-13(41-42(34)35)8(40-19(10)30-5-26-11-14(22)24-4-25-15(11)30)3-38-43(36,37)9-1-7(2-32)39-18(9)31-6-27-12-16(31)28-20(23)29-17(12)33/h4-10,13,18-19,32,42H,1-3H2,(H,34,35)(H,36,37)(H2,22,24,25)(H3,23,28,29,33)/t7-,8+,9+,10?,13-,18+,19+/m0/s1. The number of imidazole rings is 2. The van der Waals surface area contributed by atoms with E-state index in [1.165, 1.54) is 15.5 Å². The van der Waals surface area contributed by atoms with Gasteiger partial charge in [0.15, 0.2) is 41.3 Å². The molecule has 4 aromatic rings. The summed E-state index contributed by atoms with van der Waals surface area (Å²) in [5, 5.41) is 9.72. The van der Waals surface area contributed by atoms with Crippen LogP contribution in [-0.2, 0) is 27.7 Å². The normalized spacial score (nSPS) is 29.8. The van der Waals surface area contributed by atoms with Crippen LogP contribution >= 0.6 is 15.9 Å². The van der Waals surface area contributed by atoms with E-state index in [0.29, 0.717) is 0 Å². The number of halogens is 1. The van der Waals surface area contributed by atoms with Crippen LogP contribution in [0.3, 0.4) is 0 Å². The maximum absolute atomic E-state index is 15.6. The Morgan fingerprint density at radius 1 is 1.14 bits per heavy atom. The molecule has 43 heavy (non-hydrogen) atoms. The van der Waals surface area contributed by atoms with Gasteiger partial charge >= 0.3 is 15.9 Å². The van der Waals surface area contributed by atoms with Crippen molar-refractivity contribution in [2.24, 2.45) is 0 Å². The lowest BCUT2D eigenvalue weighted by molar-refractivity contribution is -0.0421. The highest BCUT2D eigenvalue weighted by Crippen LogP contribution is 2.57. The molecule has 0 amide bonds. The molecule has 20 nitrogen and oxygen atoms in total. The molecule has 2 fully saturated rings. The van der Waals surface area contributed by atoms with Gasteiger partial charge in [-0.15, -0.1) is 0 Å². The van der Waals surface area contributed by atoms with Crippen molar-refractivity contribution >= 4 is 49.9 Å². The first-order chi connectivity index (χ1) is 20.5. The number of nitrogens with one attached hydrogen (secondary N) is 1.